The fourth-order valence-corrected chi connectivity index (χ4v) is 3.03. The minimum absolute atomic E-state index is 0.0278. The molecular weight excluding hydrogens is 402 g/mol. The highest BCUT2D eigenvalue weighted by molar-refractivity contribution is 7.85. The Balaban J connectivity index is 0.000000307. The number of nitrogens with two attached hydrogens (primary N) is 1. The molecule has 0 saturated carbocycles. The average molecular weight is 428 g/mol. The van der Waals surface area contributed by atoms with Gasteiger partial charge >= 0.3 is 5.97 Å². The maximum atomic E-state index is 11.7. The molecule has 0 aliphatic heterocycles. The van der Waals surface area contributed by atoms with Gasteiger partial charge in [0.1, 0.15) is 11.6 Å². The number of ether oxygens (including phenoxy) is 1. The van der Waals surface area contributed by atoms with Gasteiger partial charge in [-0.2, -0.15) is 8.42 Å². The molecule has 0 aliphatic carbocycles. The fraction of sp³-hybridized carbons (Fsp3) is 0.350. The van der Waals surface area contributed by atoms with Crippen LogP contribution in [0, 0.1) is 6.92 Å². The summed E-state index contributed by atoms with van der Waals surface area (Å²) in [5, 5.41) is 0.666. The van der Waals surface area contributed by atoms with E-state index in [1.165, 1.54) is 6.07 Å². The predicted octanol–water partition coefficient (Wildman–Crippen LogP) is 3.79. The molecule has 0 heterocycles. The molecule has 2 aromatic carbocycles. The predicted molar refractivity (Wildman–Crippen MR) is 110 cm³/mol. The van der Waals surface area contributed by atoms with E-state index in [9.17, 15) is 13.2 Å². The molecule has 0 aliphatic rings. The molecule has 6 nitrogen and oxygen atoms in total. The molecular formula is C20H26ClNO5S. The normalized spacial score (nSPS) is 12.5. The van der Waals surface area contributed by atoms with Crippen LogP contribution in [0.1, 0.15) is 31.9 Å². The van der Waals surface area contributed by atoms with Crippen molar-refractivity contribution in [1.82, 2.24) is 0 Å². The maximum absolute atomic E-state index is 11.7. The van der Waals surface area contributed by atoms with Gasteiger partial charge in [-0.25, -0.2) is 0 Å². The molecule has 28 heavy (non-hydrogen) atoms. The second-order valence-electron chi connectivity index (χ2n) is 7.21. The zero-order valence-electron chi connectivity index (χ0n) is 16.3. The third kappa shape index (κ3) is 8.84. The summed E-state index contributed by atoms with van der Waals surface area (Å²) >= 11 is 5.78. The van der Waals surface area contributed by atoms with Crippen molar-refractivity contribution in [1.29, 1.82) is 0 Å². The van der Waals surface area contributed by atoms with Gasteiger partial charge in [0.2, 0.25) is 0 Å². The van der Waals surface area contributed by atoms with Gasteiger partial charge in [-0.3, -0.25) is 9.35 Å². The first kappa shape index (κ1) is 24.1. The van der Waals surface area contributed by atoms with Gasteiger partial charge < -0.3 is 10.5 Å². The number of hydrogen-bond donors (Lipinski definition) is 2. The van der Waals surface area contributed by atoms with Gasteiger partial charge in [0, 0.05) is 5.02 Å². The topological polar surface area (TPSA) is 107 Å². The summed E-state index contributed by atoms with van der Waals surface area (Å²) in [4.78, 5) is 11.6. The van der Waals surface area contributed by atoms with Gasteiger partial charge in [-0.05, 0) is 63.4 Å². The molecule has 0 aromatic heterocycles. The van der Waals surface area contributed by atoms with Crippen molar-refractivity contribution < 1.29 is 22.5 Å². The van der Waals surface area contributed by atoms with E-state index in [-0.39, 0.29) is 10.9 Å². The Bertz CT molecular complexity index is 890. The van der Waals surface area contributed by atoms with Crippen molar-refractivity contribution in [3.63, 3.8) is 0 Å². The number of aryl methyl sites for hydroxylation is 1. The van der Waals surface area contributed by atoms with Crippen LogP contribution in [0.2, 0.25) is 5.02 Å². The van der Waals surface area contributed by atoms with E-state index >= 15 is 0 Å². The van der Waals surface area contributed by atoms with Crippen LogP contribution in [-0.2, 0) is 26.1 Å². The van der Waals surface area contributed by atoms with Crippen LogP contribution in [0.3, 0.4) is 0 Å². The number of halogens is 1. The highest BCUT2D eigenvalue weighted by Crippen LogP contribution is 2.14. The van der Waals surface area contributed by atoms with E-state index in [0.717, 1.165) is 5.56 Å². The molecule has 0 amide bonds. The molecule has 0 saturated heterocycles. The lowest BCUT2D eigenvalue weighted by atomic mass is 10.1. The first-order chi connectivity index (χ1) is 12.8. The molecule has 0 fully saturated rings. The number of hydrogen-bond acceptors (Lipinski definition) is 5. The third-order valence-electron chi connectivity index (χ3n) is 3.45. The summed E-state index contributed by atoms with van der Waals surface area (Å²) in [6.45, 7) is 7.09. The zero-order valence-corrected chi connectivity index (χ0v) is 17.9. The number of rotatable bonds is 4. The minimum Gasteiger partial charge on any atom is -0.459 e. The van der Waals surface area contributed by atoms with E-state index in [2.05, 4.69) is 0 Å². The second-order valence-corrected chi connectivity index (χ2v) is 9.04. The van der Waals surface area contributed by atoms with E-state index in [1.54, 1.807) is 37.3 Å². The monoisotopic (exact) mass is 427 g/mol. The fourth-order valence-electron chi connectivity index (χ4n) is 2.18. The second kappa shape index (κ2) is 10.0. The molecule has 8 heteroatoms. The van der Waals surface area contributed by atoms with E-state index in [1.807, 2.05) is 32.9 Å². The van der Waals surface area contributed by atoms with E-state index in [4.69, 9.17) is 26.6 Å². The van der Waals surface area contributed by atoms with Crippen LogP contribution in [0.4, 0.5) is 0 Å². The Morgan fingerprint density at radius 1 is 1.14 bits per heavy atom. The molecule has 3 N–H and O–H groups in total. The van der Waals surface area contributed by atoms with Crippen LogP contribution in [0.15, 0.2) is 53.4 Å². The number of carbonyl (C=O) groups excluding carboxylic acids is 1. The molecule has 0 unspecified atom stereocenters. The quantitative estimate of drug-likeness (QED) is 0.567. The van der Waals surface area contributed by atoms with Crippen molar-refractivity contribution >= 4 is 27.7 Å². The Kier molecular flexibility index (Phi) is 8.63. The summed E-state index contributed by atoms with van der Waals surface area (Å²) in [6.07, 6.45) is 0.450. The number of carbonyl (C=O) groups is 1. The Morgan fingerprint density at radius 2 is 1.68 bits per heavy atom. The van der Waals surface area contributed by atoms with Crippen molar-refractivity contribution in [3.8, 4) is 0 Å². The lowest BCUT2D eigenvalue weighted by Crippen LogP contribution is -2.38. The van der Waals surface area contributed by atoms with Crippen molar-refractivity contribution in [2.24, 2.45) is 5.73 Å². The summed E-state index contributed by atoms with van der Waals surface area (Å²) in [5.74, 6) is -0.382. The smallest absolute Gasteiger partial charge is 0.323 e. The molecule has 0 radical (unpaired) electrons. The summed E-state index contributed by atoms with van der Waals surface area (Å²) in [7, 11) is -4.03. The summed E-state index contributed by atoms with van der Waals surface area (Å²) in [5.41, 5.74) is 6.80. The van der Waals surface area contributed by atoms with Gasteiger partial charge in [-0.1, -0.05) is 41.9 Å². The molecule has 154 valence electrons. The first-order valence-electron chi connectivity index (χ1n) is 8.55. The standard InChI is InChI=1S/C13H18ClNO2.C7H8O3S/c1-13(2,3)17-12(16)11(15)8-9-4-6-10(14)7-5-9;1-6-4-2-3-5-7(6)11(8,9)10/h4-7,11H,8,15H2,1-3H3;2-5H,1H3,(H,8,9,10)/t11-;/m0./s1. The van der Waals surface area contributed by atoms with Crippen LogP contribution < -0.4 is 5.73 Å². The van der Waals surface area contributed by atoms with Crippen molar-refractivity contribution in [3.05, 3.63) is 64.7 Å². The highest BCUT2D eigenvalue weighted by Gasteiger charge is 2.22. The lowest BCUT2D eigenvalue weighted by Gasteiger charge is -2.22. The van der Waals surface area contributed by atoms with Crippen molar-refractivity contribution in [2.75, 3.05) is 0 Å². The maximum Gasteiger partial charge on any atom is 0.323 e. The molecule has 0 bridgehead atoms. The molecule has 0 spiro atoms. The average Bonchev–Trinajstić information content (AvgIpc) is 2.55. The van der Waals surface area contributed by atoms with E-state index in [0.29, 0.717) is 17.0 Å². The zero-order chi connectivity index (χ0) is 21.5. The van der Waals surface area contributed by atoms with Crippen LogP contribution >= 0.6 is 11.6 Å². The van der Waals surface area contributed by atoms with Crippen LogP contribution in [0.5, 0.6) is 0 Å². The molecule has 2 aromatic rings. The van der Waals surface area contributed by atoms with Gasteiger partial charge in [0.25, 0.3) is 10.1 Å². The Hall–Kier alpha value is -1.93. The lowest BCUT2D eigenvalue weighted by molar-refractivity contribution is -0.156. The molecule has 2 rings (SSSR count). The Labute approximate surface area is 171 Å². The van der Waals surface area contributed by atoms with Gasteiger partial charge in [-0.15, -0.1) is 0 Å². The van der Waals surface area contributed by atoms with Gasteiger partial charge in [0.05, 0.1) is 4.90 Å². The number of benzene rings is 2. The molecule has 1 atom stereocenters. The minimum atomic E-state index is -4.03. The van der Waals surface area contributed by atoms with E-state index < -0.39 is 21.8 Å². The van der Waals surface area contributed by atoms with Gasteiger partial charge in [0.15, 0.2) is 0 Å². The Morgan fingerprint density at radius 3 is 2.11 bits per heavy atom. The third-order valence-corrected chi connectivity index (χ3v) is 4.72. The summed E-state index contributed by atoms with van der Waals surface area (Å²) < 4.78 is 35.1. The van der Waals surface area contributed by atoms with Crippen molar-refractivity contribution in [2.45, 2.75) is 50.7 Å². The van der Waals surface area contributed by atoms with Crippen LogP contribution in [0.25, 0.3) is 0 Å². The highest BCUT2D eigenvalue weighted by atomic mass is 35.5. The largest absolute Gasteiger partial charge is 0.459 e. The van der Waals surface area contributed by atoms with Crippen LogP contribution in [-0.4, -0.2) is 30.6 Å². The SMILES string of the molecule is CC(C)(C)OC(=O)[C@@H](N)Cc1ccc(Cl)cc1.Cc1ccccc1S(=O)(=O)O. The number of esters is 1. The summed E-state index contributed by atoms with van der Waals surface area (Å²) in [6, 6.07) is 12.9. The first-order valence-corrected chi connectivity index (χ1v) is 10.4.